The van der Waals surface area contributed by atoms with Crippen molar-refractivity contribution >= 4 is 43.3 Å². The maximum atomic E-state index is 12.0. The molecule has 0 spiro atoms. The first kappa shape index (κ1) is 39.7. The van der Waals surface area contributed by atoms with E-state index in [1.165, 1.54) is 24.3 Å². The number of fused-ring (bicyclic) bond motifs is 2. The van der Waals surface area contributed by atoms with Gasteiger partial charge in [-0.3, -0.25) is 18.6 Å². The van der Waals surface area contributed by atoms with Crippen molar-refractivity contribution in [2.75, 3.05) is 18.0 Å². The molecular formula is C37H47N6O8S2+. The molecule has 5 rings (SSSR count). The molecule has 0 amide bonds. The number of nitrogens with two attached hydrogens (primary N) is 1. The molecular weight excluding hydrogens is 721 g/mol. The van der Waals surface area contributed by atoms with Crippen LogP contribution in [0.1, 0.15) is 70.7 Å². The van der Waals surface area contributed by atoms with Crippen molar-refractivity contribution in [2.45, 2.75) is 93.5 Å². The first-order valence-electron chi connectivity index (χ1n) is 17.4. The number of aryl methyl sites for hydroxylation is 1. The molecule has 3 aromatic rings. The molecule has 5 N–H and O–H groups in total. The van der Waals surface area contributed by atoms with Crippen LogP contribution in [0, 0.1) is 0 Å². The molecule has 284 valence electrons. The Hall–Kier alpha value is -4.48. The zero-order chi connectivity index (χ0) is 38.9. The van der Waals surface area contributed by atoms with Gasteiger partial charge in [0, 0.05) is 66.6 Å². The van der Waals surface area contributed by atoms with Crippen molar-refractivity contribution in [1.29, 1.82) is 0 Å². The molecule has 53 heavy (non-hydrogen) atoms. The molecule has 0 unspecified atom stereocenters. The number of allylic oxidation sites excluding steroid dienone is 6. The zero-order valence-corrected chi connectivity index (χ0v) is 32.1. The van der Waals surface area contributed by atoms with Gasteiger partial charge in [-0.15, -0.1) is 5.10 Å². The molecule has 2 aliphatic heterocycles. The van der Waals surface area contributed by atoms with Crippen molar-refractivity contribution in [3.05, 3.63) is 95.5 Å². The highest BCUT2D eigenvalue weighted by Crippen LogP contribution is 2.48. The van der Waals surface area contributed by atoms with Crippen LogP contribution in [0.4, 0.5) is 11.4 Å². The third kappa shape index (κ3) is 8.36. The number of benzene rings is 2. The lowest BCUT2D eigenvalue weighted by molar-refractivity contribution is -0.438. The van der Waals surface area contributed by atoms with Gasteiger partial charge >= 0.3 is 5.97 Å². The van der Waals surface area contributed by atoms with Gasteiger partial charge in [-0.05, 0) is 75.6 Å². The van der Waals surface area contributed by atoms with Crippen LogP contribution in [0.5, 0.6) is 0 Å². The van der Waals surface area contributed by atoms with E-state index < -0.39 is 43.1 Å². The van der Waals surface area contributed by atoms with E-state index in [2.05, 4.69) is 19.8 Å². The van der Waals surface area contributed by atoms with Gasteiger partial charge in [-0.2, -0.15) is 21.4 Å². The number of likely N-dealkylation sites (N-methyl/N-ethyl adjacent to an activating group) is 1. The lowest BCUT2D eigenvalue weighted by Crippen LogP contribution is -2.32. The van der Waals surface area contributed by atoms with Crippen LogP contribution < -0.4 is 10.6 Å². The first-order chi connectivity index (χ1) is 24.8. The van der Waals surface area contributed by atoms with Crippen LogP contribution in [0.25, 0.3) is 0 Å². The van der Waals surface area contributed by atoms with Gasteiger partial charge in [0.1, 0.15) is 12.6 Å². The van der Waals surface area contributed by atoms with Gasteiger partial charge in [0.15, 0.2) is 5.71 Å². The molecule has 1 atom stereocenters. The summed E-state index contributed by atoms with van der Waals surface area (Å²) in [5, 5.41) is 17.2. The monoisotopic (exact) mass is 767 g/mol. The number of nitrogens with zero attached hydrogens (tertiary/aromatic N) is 5. The Labute approximate surface area is 310 Å². The molecule has 2 aromatic carbocycles. The summed E-state index contributed by atoms with van der Waals surface area (Å²) in [5.41, 5.74) is 10.3. The molecule has 0 saturated heterocycles. The minimum absolute atomic E-state index is 0.0986. The average molecular weight is 768 g/mol. The summed E-state index contributed by atoms with van der Waals surface area (Å²) in [6.07, 6.45) is 14.0. The highest BCUT2D eigenvalue weighted by molar-refractivity contribution is 7.86. The molecule has 14 nitrogen and oxygen atoms in total. The van der Waals surface area contributed by atoms with E-state index in [1.807, 2.05) is 65.0 Å². The van der Waals surface area contributed by atoms with Gasteiger partial charge in [-0.1, -0.05) is 37.3 Å². The number of aromatic nitrogens is 3. The number of aliphatic carboxylic acids is 1. The average Bonchev–Trinajstić information content (AvgIpc) is 3.68. The normalized spacial score (nSPS) is 18.0. The molecule has 1 aromatic heterocycles. The summed E-state index contributed by atoms with van der Waals surface area (Å²) >= 11 is 0. The molecule has 0 fully saturated rings. The number of unbranched alkanes of at least 4 members (excludes halogenated alkanes) is 2. The second kappa shape index (κ2) is 15.1. The Bertz CT molecular complexity index is 2250. The van der Waals surface area contributed by atoms with E-state index in [-0.39, 0.29) is 16.2 Å². The number of hydrogen-bond donors (Lipinski definition) is 4. The number of hydrogen-bond acceptors (Lipinski definition) is 9. The molecule has 2 aliphatic rings. The Morgan fingerprint density at radius 2 is 1.58 bits per heavy atom. The summed E-state index contributed by atoms with van der Waals surface area (Å²) in [6.45, 7) is 12.0. The van der Waals surface area contributed by atoms with Gasteiger partial charge in [0.05, 0.1) is 20.9 Å². The lowest BCUT2D eigenvalue weighted by Gasteiger charge is -2.25. The van der Waals surface area contributed by atoms with Crippen LogP contribution in [0.2, 0.25) is 0 Å². The predicted molar refractivity (Wildman–Crippen MR) is 201 cm³/mol. The number of anilines is 1. The van der Waals surface area contributed by atoms with E-state index >= 15 is 0 Å². The minimum atomic E-state index is -4.41. The topological polar surface area (TPSA) is 209 Å². The standard InChI is InChI=1S/C37H46N6O8S2/c1-6-42-31-17-15-26(52(46,47)48)22-28(31)36(2,3)33(42)13-9-7-10-14-34-37(4,5)29-23-27(53(49,50)51)16-18-32(29)43(34)20-12-8-11-19-41-24-25(39-40-41)21-30(38)35(44)45/h7,9-10,13-18,22-24,30H,6,8,11-12,19-21,38H2,1-5H3,(H2-,44,45,46,47,48,49,50,51)/p+1/t30-/m1/s1. The number of carboxylic acids is 1. The minimum Gasteiger partial charge on any atom is -0.480 e. The quantitative estimate of drug-likeness (QED) is 0.0713. The molecule has 0 saturated carbocycles. The van der Waals surface area contributed by atoms with E-state index in [4.69, 9.17) is 10.8 Å². The Morgan fingerprint density at radius 3 is 2.23 bits per heavy atom. The second-order valence-electron chi connectivity index (χ2n) is 14.3. The van der Waals surface area contributed by atoms with E-state index in [9.17, 15) is 30.7 Å². The fraction of sp³-hybridized carbons (Fsp3) is 0.405. The zero-order valence-electron chi connectivity index (χ0n) is 30.5. The third-order valence-electron chi connectivity index (χ3n) is 9.97. The Balaban J connectivity index is 1.35. The first-order valence-corrected chi connectivity index (χ1v) is 20.2. The summed E-state index contributed by atoms with van der Waals surface area (Å²) in [4.78, 5) is 12.9. The van der Waals surface area contributed by atoms with Crippen molar-refractivity contribution < 1.29 is 40.4 Å². The van der Waals surface area contributed by atoms with Gasteiger partial charge in [0.25, 0.3) is 20.2 Å². The van der Waals surface area contributed by atoms with E-state index in [0.717, 1.165) is 53.2 Å². The fourth-order valence-corrected chi connectivity index (χ4v) is 8.16. The number of rotatable bonds is 15. The predicted octanol–water partition coefficient (Wildman–Crippen LogP) is 4.79. The maximum absolute atomic E-state index is 12.0. The Morgan fingerprint density at radius 1 is 0.925 bits per heavy atom. The van der Waals surface area contributed by atoms with Crippen LogP contribution >= 0.6 is 0 Å². The van der Waals surface area contributed by atoms with E-state index in [0.29, 0.717) is 25.3 Å². The van der Waals surface area contributed by atoms with Crippen LogP contribution in [-0.2, 0) is 48.8 Å². The van der Waals surface area contributed by atoms with Crippen LogP contribution in [0.15, 0.2) is 88.5 Å². The van der Waals surface area contributed by atoms with Crippen LogP contribution in [-0.4, -0.2) is 81.4 Å². The highest BCUT2D eigenvalue weighted by atomic mass is 32.2. The largest absolute Gasteiger partial charge is 0.480 e. The fourth-order valence-electron chi connectivity index (χ4n) is 7.14. The van der Waals surface area contributed by atoms with Crippen LogP contribution in [0.3, 0.4) is 0 Å². The molecule has 3 heterocycles. The smallest absolute Gasteiger partial charge is 0.320 e. The molecule has 0 radical (unpaired) electrons. The van der Waals surface area contributed by atoms with Gasteiger partial charge in [0.2, 0.25) is 5.69 Å². The summed E-state index contributed by atoms with van der Waals surface area (Å²) in [5.74, 6) is -1.09. The second-order valence-corrected chi connectivity index (χ2v) is 17.2. The third-order valence-corrected chi connectivity index (χ3v) is 11.7. The summed E-state index contributed by atoms with van der Waals surface area (Å²) < 4.78 is 71.1. The molecule has 0 aliphatic carbocycles. The van der Waals surface area contributed by atoms with Crippen molar-refractivity contribution in [3.8, 4) is 0 Å². The summed E-state index contributed by atoms with van der Waals surface area (Å²) in [6, 6.07) is 8.29. The maximum Gasteiger partial charge on any atom is 0.320 e. The van der Waals surface area contributed by atoms with Gasteiger partial charge in [-0.25, -0.2) is 0 Å². The molecule has 16 heteroatoms. The molecule has 0 bridgehead atoms. The van der Waals surface area contributed by atoms with Gasteiger partial charge < -0.3 is 15.7 Å². The van der Waals surface area contributed by atoms with E-state index in [1.54, 1.807) is 23.0 Å². The number of carboxylic acid groups (broad SMARTS) is 1. The lowest BCUT2D eigenvalue weighted by atomic mass is 9.81. The van der Waals surface area contributed by atoms with Crippen molar-refractivity contribution in [1.82, 2.24) is 15.0 Å². The SMILES string of the molecule is CCN1/C(=C/C=C/C=C/C2=[N+](CCCCCn3cc(C[C@@H](N)C(=O)O)nn3)c3ccc(S(=O)(=O)O)cc3C2(C)C)C(C)(C)c2cc(S(=O)(=O)O)ccc21. The summed E-state index contributed by atoms with van der Waals surface area (Å²) in [7, 11) is -8.76. The van der Waals surface area contributed by atoms with Crippen molar-refractivity contribution in [2.24, 2.45) is 5.73 Å². The highest BCUT2D eigenvalue weighted by Gasteiger charge is 2.45. The Kier molecular flexibility index (Phi) is 11.3. The van der Waals surface area contributed by atoms with Crippen molar-refractivity contribution in [3.63, 3.8) is 0 Å². The number of carbonyl (C=O) groups is 1.